The maximum absolute atomic E-state index is 13.0. The van der Waals surface area contributed by atoms with Crippen LogP contribution in [0.1, 0.15) is 32.0 Å². The molecule has 3 rings (SSSR count). The predicted octanol–water partition coefficient (Wildman–Crippen LogP) is 4.68. The van der Waals surface area contributed by atoms with Gasteiger partial charge < -0.3 is 19.6 Å². The lowest BCUT2D eigenvalue weighted by Gasteiger charge is -2.28. The van der Waals surface area contributed by atoms with Crippen molar-refractivity contribution in [3.8, 4) is 5.75 Å². The fourth-order valence-electron chi connectivity index (χ4n) is 2.97. The number of hydrogen-bond donors (Lipinski definition) is 0. The first-order valence-corrected chi connectivity index (χ1v) is 9.89. The lowest BCUT2D eigenvalue weighted by Crippen LogP contribution is -2.34. The normalized spacial score (nSPS) is 11.2. The van der Waals surface area contributed by atoms with Gasteiger partial charge in [0.25, 0.3) is 0 Å². The SMILES string of the molecule is Cc1cc(OCc2cnc([N+](=O)[O-])n2C)ccc1N(C(=O)OC(C)(C)C)c1ccccn1. The van der Waals surface area contributed by atoms with Gasteiger partial charge in [0.2, 0.25) is 0 Å². The average molecular weight is 439 g/mol. The van der Waals surface area contributed by atoms with Gasteiger partial charge in [-0.2, -0.15) is 0 Å². The van der Waals surface area contributed by atoms with Gasteiger partial charge in [0.15, 0.2) is 5.69 Å². The van der Waals surface area contributed by atoms with Gasteiger partial charge in [0, 0.05) is 6.20 Å². The lowest BCUT2D eigenvalue weighted by atomic mass is 10.1. The first-order valence-electron chi connectivity index (χ1n) is 9.89. The van der Waals surface area contributed by atoms with Crippen LogP contribution in [0.15, 0.2) is 48.8 Å². The van der Waals surface area contributed by atoms with Crippen molar-refractivity contribution in [2.24, 2.45) is 7.05 Å². The highest BCUT2D eigenvalue weighted by Gasteiger charge is 2.27. The Hall–Kier alpha value is -3.95. The van der Waals surface area contributed by atoms with Crippen LogP contribution in [0, 0.1) is 17.0 Å². The summed E-state index contributed by atoms with van der Waals surface area (Å²) in [5.74, 6) is 0.722. The van der Waals surface area contributed by atoms with E-state index in [1.54, 1.807) is 70.4 Å². The summed E-state index contributed by atoms with van der Waals surface area (Å²) < 4.78 is 12.7. The highest BCUT2D eigenvalue weighted by Crippen LogP contribution is 2.31. The second-order valence-corrected chi connectivity index (χ2v) is 8.11. The number of anilines is 2. The average Bonchev–Trinajstić information content (AvgIpc) is 3.08. The predicted molar refractivity (Wildman–Crippen MR) is 118 cm³/mol. The molecule has 0 bridgehead atoms. The van der Waals surface area contributed by atoms with Gasteiger partial charge in [-0.3, -0.25) is 0 Å². The number of carbonyl (C=O) groups excluding carboxylic acids is 1. The zero-order valence-corrected chi connectivity index (χ0v) is 18.6. The highest BCUT2D eigenvalue weighted by molar-refractivity contribution is 5.96. The van der Waals surface area contributed by atoms with Crippen molar-refractivity contribution in [2.45, 2.75) is 39.9 Å². The number of carbonyl (C=O) groups is 1. The number of nitrogens with zero attached hydrogens (tertiary/aromatic N) is 5. The Kier molecular flexibility index (Phi) is 6.42. The molecule has 1 amide bonds. The molecule has 0 N–H and O–H groups in total. The third-order valence-electron chi connectivity index (χ3n) is 4.47. The molecule has 0 aliphatic carbocycles. The summed E-state index contributed by atoms with van der Waals surface area (Å²) in [6.45, 7) is 7.35. The third kappa shape index (κ3) is 5.20. The van der Waals surface area contributed by atoms with Crippen LogP contribution in [0.5, 0.6) is 5.75 Å². The van der Waals surface area contributed by atoms with Crippen molar-refractivity contribution >= 4 is 23.5 Å². The molecule has 0 spiro atoms. The summed E-state index contributed by atoms with van der Waals surface area (Å²) in [4.78, 5) is 32.9. The van der Waals surface area contributed by atoms with Gasteiger partial charge >= 0.3 is 12.0 Å². The molecule has 2 heterocycles. The maximum atomic E-state index is 13.0. The molecule has 10 nitrogen and oxygen atoms in total. The molecule has 2 aromatic heterocycles. The number of hydrogen-bond acceptors (Lipinski definition) is 7. The maximum Gasteiger partial charge on any atom is 0.434 e. The fraction of sp³-hybridized carbons (Fsp3) is 0.318. The van der Waals surface area contributed by atoms with Gasteiger partial charge in [0.05, 0.1) is 12.7 Å². The van der Waals surface area contributed by atoms with Gasteiger partial charge in [-0.05, 0) is 68.5 Å². The second kappa shape index (κ2) is 9.04. The van der Waals surface area contributed by atoms with Gasteiger partial charge in [-0.25, -0.2) is 19.2 Å². The number of amides is 1. The molecule has 0 fully saturated rings. The Morgan fingerprint density at radius 2 is 1.97 bits per heavy atom. The molecule has 0 atom stereocenters. The Morgan fingerprint density at radius 3 is 2.53 bits per heavy atom. The van der Waals surface area contributed by atoms with Crippen LogP contribution in [0.25, 0.3) is 0 Å². The second-order valence-electron chi connectivity index (χ2n) is 8.11. The van der Waals surface area contributed by atoms with Crippen LogP contribution in [0.4, 0.5) is 22.2 Å². The largest absolute Gasteiger partial charge is 0.486 e. The van der Waals surface area contributed by atoms with Gasteiger partial charge in [-0.15, -0.1) is 0 Å². The first-order chi connectivity index (χ1) is 15.1. The van der Waals surface area contributed by atoms with Crippen LogP contribution in [0.2, 0.25) is 0 Å². The zero-order valence-electron chi connectivity index (χ0n) is 18.6. The molecule has 32 heavy (non-hydrogen) atoms. The Morgan fingerprint density at radius 1 is 1.22 bits per heavy atom. The zero-order chi connectivity index (χ0) is 23.5. The molecular weight excluding hydrogens is 414 g/mol. The smallest absolute Gasteiger partial charge is 0.434 e. The first kappa shape index (κ1) is 22.7. The standard InChI is InChI=1S/C22H25N5O5/c1-15-12-17(31-14-16-13-24-20(25(16)5)27(29)30)9-10-18(15)26(19-8-6-7-11-23-19)21(28)32-22(2,3)4/h6-13H,14H2,1-5H3. The number of aromatic nitrogens is 3. The lowest BCUT2D eigenvalue weighted by molar-refractivity contribution is -0.396. The molecule has 0 aliphatic heterocycles. The minimum atomic E-state index is -0.674. The van der Waals surface area contributed by atoms with E-state index in [9.17, 15) is 14.9 Å². The number of benzene rings is 1. The van der Waals surface area contributed by atoms with Gasteiger partial charge in [0.1, 0.15) is 30.0 Å². The van der Waals surface area contributed by atoms with E-state index in [0.29, 0.717) is 22.9 Å². The van der Waals surface area contributed by atoms with Crippen LogP contribution in [-0.2, 0) is 18.4 Å². The minimum absolute atomic E-state index is 0.103. The van der Waals surface area contributed by atoms with Crippen molar-refractivity contribution < 1.29 is 19.2 Å². The topological polar surface area (TPSA) is 113 Å². The number of rotatable bonds is 6. The van der Waals surface area contributed by atoms with Gasteiger partial charge in [-0.1, -0.05) is 11.1 Å². The van der Waals surface area contributed by atoms with E-state index in [0.717, 1.165) is 5.56 Å². The van der Waals surface area contributed by atoms with Crippen molar-refractivity contribution in [3.63, 3.8) is 0 Å². The van der Waals surface area contributed by atoms with Crippen LogP contribution >= 0.6 is 0 Å². The Labute approximate surface area is 185 Å². The molecule has 0 unspecified atom stereocenters. The van der Waals surface area contributed by atoms with E-state index in [4.69, 9.17) is 9.47 Å². The van der Waals surface area contributed by atoms with Crippen LogP contribution in [0.3, 0.4) is 0 Å². The summed E-state index contributed by atoms with van der Waals surface area (Å²) in [7, 11) is 1.56. The molecule has 0 saturated heterocycles. The van der Waals surface area contributed by atoms with E-state index in [1.165, 1.54) is 15.7 Å². The third-order valence-corrected chi connectivity index (χ3v) is 4.47. The summed E-state index contributed by atoms with van der Waals surface area (Å²) in [5.41, 5.74) is 1.24. The quantitative estimate of drug-likeness (QED) is 0.405. The highest BCUT2D eigenvalue weighted by atomic mass is 16.6. The molecule has 1 aromatic carbocycles. The molecular formula is C22H25N5O5. The van der Waals surface area contributed by atoms with Crippen LogP contribution in [-0.4, -0.2) is 31.2 Å². The van der Waals surface area contributed by atoms with Crippen molar-refractivity contribution in [3.05, 3.63) is 70.2 Å². The van der Waals surface area contributed by atoms with E-state index >= 15 is 0 Å². The molecule has 0 aliphatic rings. The minimum Gasteiger partial charge on any atom is -0.486 e. The molecule has 0 radical (unpaired) electrons. The van der Waals surface area contributed by atoms with E-state index in [2.05, 4.69) is 9.97 Å². The van der Waals surface area contributed by atoms with Crippen LogP contribution < -0.4 is 9.64 Å². The summed E-state index contributed by atoms with van der Waals surface area (Å²) in [6, 6.07) is 10.5. The summed E-state index contributed by atoms with van der Waals surface area (Å²) >= 11 is 0. The van der Waals surface area contributed by atoms with Crippen molar-refractivity contribution in [1.82, 2.24) is 14.5 Å². The molecule has 10 heteroatoms. The van der Waals surface area contributed by atoms with Crippen molar-refractivity contribution in [1.29, 1.82) is 0 Å². The number of nitro groups is 1. The number of pyridine rings is 1. The Balaban J connectivity index is 1.85. The van der Waals surface area contributed by atoms with E-state index in [-0.39, 0.29) is 12.6 Å². The summed E-state index contributed by atoms with van der Waals surface area (Å²) in [6.07, 6.45) is 2.47. The van der Waals surface area contributed by atoms with Crippen molar-refractivity contribution in [2.75, 3.05) is 4.90 Å². The molecule has 0 saturated carbocycles. The summed E-state index contributed by atoms with van der Waals surface area (Å²) in [5, 5.41) is 10.9. The molecule has 168 valence electrons. The molecule has 3 aromatic rings. The van der Waals surface area contributed by atoms with E-state index < -0.39 is 16.6 Å². The number of imidazole rings is 1. The monoisotopic (exact) mass is 439 g/mol. The van der Waals surface area contributed by atoms with E-state index in [1.807, 2.05) is 6.92 Å². The number of aryl methyl sites for hydroxylation is 1. The number of ether oxygens (including phenoxy) is 2. The Bertz CT molecular complexity index is 1120. The fourth-order valence-corrected chi connectivity index (χ4v) is 2.97.